The first-order valence-electron chi connectivity index (χ1n) is 5.96. The Hall–Kier alpha value is -1.20. The van der Waals surface area contributed by atoms with Crippen LogP contribution in [0.15, 0.2) is 30.3 Å². The van der Waals surface area contributed by atoms with E-state index >= 15 is 0 Å². The summed E-state index contributed by atoms with van der Waals surface area (Å²) >= 11 is 0. The molecule has 5 N–H and O–H groups in total. The molecule has 0 fully saturated rings. The molecule has 0 aliphatic heterocycles. The van der Waals surface area contributed by atoms with Gasteiger partial charge in [0.2, 0.25) is 5.91 Å². The largest absolute Gasteiger partial charge is 0.347 e. The quantitative estimate of drug-likeness (QED) is 0.572. The fraction of sp³-hybridized carbons (Fsp3) is 0.417. The third kappa shape index (κ3) is 5.53. The Bertz CT molecular complexity index is 460. The van der Waals surface area contributed by atoms with Crippen molar-refractivity contribution in [2.75, 3.05) is 0 Å². The molecule has 106 valence electrons. The second-order valence-electron chi connectivity index (χ2n) is 4.40. The molecule has 0 aliphatic rings. The van der Waals surface area contributed by atoms with Gasteiger partial charge in [0.25, 0.3) is 0 Å². The molecule has 0 aromatic heterocycles. The average Bonchev–Trinajstić information content (AvgIpc) is 2.35. The molecule has 1 aromatic carbocycles. The lowest BCUT2D eigenvalue weighted by Gasteiger charge is -2.18. The molecule has 1 amide bonds. The van der Waals surface area contributed by atoms with Crippen LogP contribution < -0.4 is 11.1 Å². The minimum atomic E-state index is -4.31. The summed E-state index contributed by atoms with van der Waals surface area (Å²) in [7, 11) is -4.31. The van der Waals surface area contributed by atoms with Crippen LogP contribution in [0.1, 0.15) is 18.9 Å². The molecule has 6 nitrogen and oxygen atoms in total. The Labute approximate surface area is 112 Å². The fourth-order valence-electron chi connectivity index (χ4n) is 1.49. The molecule has 0 aliphatic carbocycles. The standard InChI is InChI=1S/C12H19N2O4P/c1-9(19(16,17)18)14-12(15)11(13)8-7-10-5-3-2-4-6-10/h2-6,9,11H,7-8,13H2,1H3,(H,14,15)(H2,16,17,18). The number of hydrogen-bond donors (Lipinski definition) is 4. The van der Waals surface area contributed by atoms with Crippen molar-refractivity contribution in [2.45, 2.75) is 31.6 Å². The molecule has 19 heavy (non-hydrogen) atoms. The number of carbonyl (C=O) groups excluding carboxylic acids is 1. The molecule has 0 heterocycles. The fourth-order valence-corrected chi connectivity index (χ4v) is 1.79. The Balaban J connectivity index is 2.43. The van der Waals surface area contributed by atoms with E-state index < -0.39 is 25.3 Å². The minimum Gasteiger partial charge on any atom is -0.341 e. The molecule has 2 unspecified atom stereocenters. The number of nitrogens with one attached hydrogen (secondary N) is 1. The monoisotopic (exact) mass is 286 g/mol. The third-order valence-corrected chi connectivity index (χ3v) is 3.92. The lowest BCUT2D eigenvalue weighted by atomic mass is 10.1. The maximum absolute atomic E-state index is 11.6. The first kappa shape index (κ1) is 15.9. The van der Waals surface area contributed by atoms with Crippen molar-refractivity contribution in [1.82, 2.24) is 5.32 Å². The highest BCUT2D eigenvalue weighted by atomic mass is 31.2. The van der Waals surface area contributed by atoms with Crippen molar-refractivity contribution in [1.29, 1.82) is 0 Å². The SMILES string of the molecule is CC(NC(=O)C(N)CCc1ccccc1)P(=O)(O)O. The molecule has 2 atom stereocenters. The first-order valence-corrected chi connectivity index (χ1v) is 7.64. The van der Waals surface area contributed by atoms with Crippen LogP contribution in [-0.4, -0.2) is 27.5 Å². The maximum atomic E-state index is 11.6. The van der Waals surface area contributed by atoms with Crippen LogP contribution in [0.25, 0.3) is 0 Å². The number of aryl methyl sites for hydroxylation is 1. The Morgan fingerprint density at radius 1 is 1.37 bits per heavy atom. The summed E-state index contributed by atoms with van der Waals surface area (Å²) in [6, 6.07) is 8.78. The van der Waals surface area contributed by atoms with E-state index in [0.717, 1.165) is 5.56 Å². The number of nitrogens with two attached hydrogens (primary N) is 1. The summed E-state index contributed by atoms with van der Waals surface area (Å²) in [6.07, 6.45) is 1.06. The number of amides is 1. The second-order valence-corrected chi connectivity index (χ2v) is 6.36. The van der Waals surface area contributed by atoms with E-state index in [9.17, 15) is 9.36 Å². The Morgan fingerprint density at radius 3 is 2.47 bits per heavy atom. The van der Waals surface area contributed by atoms with Gasteiger partial charge in [0.05, 0.1) is 6.04 Å². The van der Waals surface area contributed by atoms with Gasteiger partial charge >= 0.3 is 7.60 Å². The van der Waals surface area contributed by atoms with E-state index in [1.165, 1.54) is 6.92 Å². The van der Waals surface area contributed by atoms with Gasteiger partial charge in [-0.25, -0.2) is 0 Å². The zero-order valence-corrected chi connectivity index (χ0v) is 11.6. The molecular formula is C12H19N2O4P. The van der Waals surface area contributed by atoms with E-state index in [1.807, 2.05) is 30.3 Å². The molecule has 1 aromatic rings. The van der Waals surface area contributed by atoms with E-state index in [2.05, 4.69) is 5.32 Å². The van der Waals surface area contributed by atoms with Crippen molar-refractivity contribution < 1.29 is 19.1 Å². The van der Waals surface area contributed by atoms with Gasteiger partial charge in [-0.1, -0.05) is 30.3 Å². The molecule has 7 heteroatoms. The zero-order chi connectivity index (χ0) is 14.5. The lowest BCUT2D eigenvalue weighted by Crippen LogP contribution is -2.44. The molecule has 0 spiro atoms. The molecule has 1 rings (SSSR count). The van der Waals surface area contributed by atoms with Crippen LogP contribution in [0.4, 0.5) is 0 Å². The van der Waals surface area contributed by atoms with E-state index in [0.29, 0.717) is 12.8 Å². The Morgan fingerprint density at radius 2 is 1.95 bits per heavy atom. The summed E-state index contributed by atoms with van der Waals surface area (Å²) in [5.41, 5.74) is 6.76. The number of benzene rings is 1. The van der Waals surface area contributed by atoms with Crippen LogP contribution in [-0.2, 0) is 15.8 Å². The molecule has 0 radical (unpaired) electrons. The highest BCUT2D eigenvalue weighted by Crippen LogP contribution is 2.39. The first-order chi connectivity index (χ1) is 8.80. The topological polar surface area (TPSA) is 113 Å². The van der Waals surface area contributed by atoms with E-state index in [-0.39, 0.29) is 0 Å². The second kappa shape index (κ2) is 6.82. The van der Waals surface area contributed by atoms with Gasteiger partial charge in [-0.2, -0.15) is 0 Å². The predicted molar refractivity (Wildman–Crippen MR) is 72.4 cm³/mol. The van der Waals surface area contributed by atoms with Gasteiger partial charge in [0, 0.05) is 0 Å². The van der Waals surface area contributed by atoms with E-state index in [4.69, 9.17) is 15.5 Å². The normalized spacial score (nSPS) is 14.7. The molecule has 0 saturated heterocycles. The van der Waals surface area contributed by atoms with Crippen molar-refractivity contribution in [3.8, 4) is 0 Å². The highest BCUT2D eigenvalue weighted by Gasteiger charge is 2.27. The summed E-state index contributed by atoms with van der Waals surface area (Å²) in [5.74, 6) is -1.77. The van der Waals surface area contributed by atoms with Crippen LogP contribution in [0, 0.1) is 0 Å². The van der Waals surface area contributed by atoms with Crippen LogP contribution >= 0.6 is 7.60 Å². The van der Waals surface area contributed by atoms with Gasteiger partial charge in [-0.3, -0.25) is 9.36 Å². The van der Waals surface area contributed by atoms with Gasteiger partial charge in [-0.15, -0.1) is 0 Å². The average molecular weight is 286 g/mol. The zero-order valence-electron chi connectivity index (χ0n) is 10.7. The number of carbonyl (C=O) groups is 1. The molecule has 0 bridgehead atoms. The summed E-state index contributed by atoms with van der Waals surface area (Å²) < 4.78 is 10.9. The number of hydrogen-bond acceptors (Lipinski definition) is 3. The van der Waals surface area contributed by atoms with Gasteiger partial charge in [0.1, 0.15) is 5.78 Å². The summed E-state index contributed by atoms with van der Waals surface area (Å²) in [6.45, 7) is 1.25. The van der Waals surface area contributed by atoms with Crippen LogP contribution in [0.5, 0.6) is 0 Å². The van der Waals surface area contributed by atoms with Crippen molar-refractivity contribution in [2.24, 2.45) is 5.73 Å². The van der Waals surface area contributed by atoms with Crippen molar-refractivity contribution in [3.63, 3.8) is 0 Å². The lowest BCUT2D eigenvalue weighted by molar-refractivity contribution is -0.122. The van der Waals surface area contributed by atoms with Crippen molar-refractivity contribution in [3.05, 3.63) is 35.9 Å². The summed E-state index contributed by atoms with van der Waals surface area (Å²) in [4.78, 5) is 29.4. The van der Waals surface area contributed by atoms with Gasteiger partial charge in [0.15, 0.2) is 0 Å². The maximum Gasteiger partial charge on any atom is 0.347 e. The summed E-state index contributed by atoms with van der Waals surface area (Å²) in [5, 5.41) is 2.23. The van der Waals surface area contributed by atoms with Crippen molar-refractivity contribution >= 4 is 13.5 Å². The number of rotatable bonds is 6. The van der Waals surface area contributed by atoms with Crippen LogP contribution in [0.3, 0.4) is 0 Å². The Kier molecular flexibility index (Phi) is 5.69. The molecular weight excluding hydrogens is 267 g/mol. The molecule has 0 saturated carbocycles. The predicted octanol–water partition coefficient (Wildman–Crippen LogP) is 0.586. The van der Waals surface area contributed by atoms with Gasteiger partial charge in [-0.05, 0) is 25.3 Å². The minimum absolute atomic E-state index is 0.420. The highest BCUT2D eigenvalue weighted by molar-refractivity contribution is 7.52. The third-order valence-electron chi connectivity index (χ3n) is 2.78. The smallest absolute Gasteiger partial charge is 0.341 e. The van der Waals surface area contributed by atoms with Crippen LogP contribution in [0.2, 0.25) is 0 Å². The van der Waals surface area contributed by atoms with Gasteiger partial charge < -0.3 is 20.8 Å². The van der Waals surface area contributed by atoms with E-state index in [1.54, 1.807) is 0 Å².